The fourth-order valence-electron chi connectivity index (χ4n) is 5.71. The second-order valence-electron chi connectivity index (χ2n) is 9.01. The molecule has 0 amide bonds. The summed E-state index contributed by atoms with van der Waals surface area (Å²) in [4.78, 5) is 16.9. The van der Waals surface area contributed by atoms with Crippen LogP contribution >= 0.6 is 0 Å². The molecule has 3 aromatic rings. The fourth-order valence-corrected chi connectivity index (χ4v) is 6.96. The predicted octanol–water partition coefficient (Wildman–Crippen LogP) is 4.07. The van der Waals surface area contributed by atoms with Gasteiger partial charge in [-0.05, 0) is 0 Å². The number of anilines is 1. The summed E-state index contributed by atoms with van der Waals surface area (Å²) in [7, 11) is 1.44. The number of benzene rings is 1. The number of methoxy groups -OCH3 is 1. The van der Waals surface area contributed by atoms with E-state index in [1.807, 2.05) is 6.07 Å². The van der Waals surface area contributed by atoms with Crippen LogP contribution in [0.15, 0.2) is 31.0 Å². The number of ether oxygens (including phenoxy) is 1. The number of carbonyl (C=O) groups is 1. The van der Waals surface area contributed by atoms with Crippen LogP contribution in [0.25, 0.3) is 28.4 Å². The van der Waals surface area contributed by atoms with E-state index in [4.69, 9.17) is 4.74 Å². The number of halogens is 1. The molecule has 2 aromatic heterocycles. The molecule has 0 radical (unpaired) electrons. The molecule has 0 spiro atoms. The summed E-state index contributed by atoms with van der Waals surface area (Å²) >= 11 is 0.327. The van der Waals surface area contributed by atoms with Gasteiger partial charge < -0.3 is 0 Å². The minimum atomic E-state index is -0.453. The van der Waals surface area contributed by atoms with Crippen molar-refractivity contribution in [3.05, 3.63) is 47.9 Å². The molecule has 170 valence electrons. The van der Waals surface area contributed by atoms with E-state index < -0.39 is 5.82 Å². The van der Waals surface area contributed by atoms with Gasteiger partial charge in [0.25, 0.3) is 0 Å². The average Bonchev–Trinajstić information content (AvgIpc) is 3.19. The second kappa shape index (κ2) is 9.09. The first-order valence-electron chi connectivity index (χ1n) is 11.3. The van der Waals surface area contributed by atoms with Crippen molar-refractivity contribution in [2.75, 3.05) is 12.4 Å². The zero-order valence-electron chi connectivity index (χ0n) is 18.8. The first-order valence-corrected chi connectivity index (χ1v) is 13.3. The van der Waals surface area contributed by atoms with Crippen LogP contribution in [0.2, 0.25) is 0 Å². The number of fused-ring (bicyclic) bond motifs is 4. The fraction of sp³-hybridized carbons (Fsp3) is 0.360. The van der Waals surface area contributed by atoms with Gasteiger partial charge in [0, 0.05) is 0 Å². The van der Waals surface area contributed by atoms with Gasteiger partial charge in [0.2, 0.25) is 0 Å². The maximum atomic E-state index is 14.0. The third-order valence-corrected chi connectivity index (χ3v) is 8.71. The Balaban J connectivity index is 1.63. The second-order valence-corrected chi connectivity index (χ2v) is 10.9. The van der Waals surface area contributed by atoms with Crippen LogP contribution in [-0.2, 0) is 9.53 Å². The third-order valence-electron chi connectivity index (χ3n) is 7.31. The van der Waals surface area contributed by atoms with Crippen LogP contribution < -0.4 is 5.32 Å². The Hall–Kier alpha value is -2.81. The van der Waals surface area contributed by atoms with E-state index >= 15 is 0 Å². The van der Waals surface area contributed by atoms with E-state index in [2.05, 4.69) is 28.0 Å². The van der Waals surface area contributed by atoms with Gasteiger partial charge in [-0.15, -0.1) is 0 Å². The number of hydrogen-bond donors (Lipinski definition) is 1. The molecule has 2 atom stereocenters. The summed E-state index contributed by atoms with van der Waals surface area (Å²) in [5, 5.41) is 18.7. The molecule has 2 heterocycles. The van der Waals surface area contributed by atoms with Gasteiger partial charge in [-0.2, -0.15) is 0 Å². The molecule has 1 N–H and O–H groups in total. The van der Waals surface area contributed by atoms with E-state index in [0.717, 1.165) is 36.9 Å². The van der Waals surface area contributed by atoms with Crippen LogP contribution in [-0.4, -0.2) is 57.8 Å². The van der Waals surface area contributed by atoms with Crippen molar-refractivity contribution < 1.29 is 13.9 Å². The molecule has 2 unspecified atom stereocenters. The number of rotatable bonds is 5. The monoisotopic (exact) mass is 649 g/mol. The summed E-state index contributed by atoms with van der Waals surface area (Å²) in [5.74, 6) is -0.170. The number of pyridine rings is 1. The number of nitriles is 1. The molecule has 0 saturated heterocycles. The van der Waals surface area contributed by atoms with Crippen molar-refractivity contribution in [2.45, 2.75) is 31.7 Å². The molecule has 2 bridgehead atoms. The molecule has 34 heavy (non-hydrogen) atoms. The van der Waals surface area contributed by atoms with Crippen LogP contribution in [0.4, 0.5) is 10.1 Å². The first kappa shape index (κ1) is 23.0. The summed E-state index contributed by atoms with van der Waals surface area (Å²) in [6, 6.07) is 7.25. The maximum absolute atomic E-state index is 14.0. The van der Waals surface area contributed by atoms with Crippen molar-refractivity contribution in [1.29, 1.82) is 5.26 Å². The van der Waals surface area contributed by atoms with E-state index in [9.17, 15) is 14.4 Å². The quantitative estimate of drug-likeness (QED) is 0.331. The Bertz CT molecular complexity index is 1340. The van der Waals surface area contributed by atoms with Crippen molar-refractivity contribution in [2.24, 2.45) is 17.8 Å². The summed E-state index contributed by atoms with van der Waals surface area (Å²) in [5.41, 5.74) is 3.69. The Labute approximate surface area is 213 Å². The molecular formula is C25H23FN5O2Tl. The molecule has 0 aliphatic heterocycles. The van der Waals surface area contributed by atoms with Crippen LogP contribution in [0.3, 0.4) is 0 Å². The van der Waals surface area contributed by atoms with E-state index in [-0.39, 0.29) is 17.9 Å². The van der Waals surface area contributed by atoms with Crippen LogP contribution in [0.5, 0.6) is 0 Å². The number of nitrogens with one attached hydrogen (secondary N) is 1. The topological polar surface area (TPSA) is 92.8 Å². The van der Waals surface area contributed by atoms with Gasteiger partial charge in [-0.25, -0.2) is 0 Å². The average molecular weight is 649 g/mol. The number of carbonyl (C=O) groups excluding carboxylic acids is 1. The molecule has 3 aliphatic rings. The molecule has 3 saturated carbocycles. The normalized spacial score (nSPS) is 23.4. The molecule has 9 heteroatoms. The summed E-state index contributed by atoms with van der Waals surface area (Å²) in [6.45, 7) is 3.93. The molecule has 3 aliphatic carbocycles. The molecule has 7 nitrogen and oxygen atoms in total. The van der Waals surface area contributed by atoms with Crippen molar-refractivity contribution in [1.82, 2.24) is 12.6 Å². The number of nitrogens with zero attached hydrogens (tertiary/aromatic N) is 4. The van der Waals surface area contributed by atoms with Crippen molar-refractivity contribution in [3.63, 3.8) is 0 Å². The molecule has 3 fully saturated rings. The Morgan fingerprint density at radius 1 is 1.32 bits per heavy atom. The number of hydrogen-bond acceptors (Lipinski definition) is 6. The van der Waals surface area contributed by atoms with Crippen LogP contribution in [0.1, 0.15) is 36.8 Å². The number of esters is 1. The third kappa shape index (κ3) is 3.79. The first-order chi connectivity index (χ1) is 16.4. The zero-order chi connectivity index (χ0) is 24.0. The van der Waals surface area contributed by atoms with E-state index in [1.54, 1.807) is 14.6 Å². The van der Waals surface area contributed by atoms with Crippen molar-refractivity contribution >= 4 is 54.8 Å². The molecule has 1 aromatic carbocycles. The summed E-state index contributed by atoms with van der Waals surface area (Å²) < 4.78 is 21.0. The van der Waals surface area contributed by atoms with E-state index in [0.29, 0.717) is 65.8 Å². The molecular weight excluding hydrogens is 626 g/mol. The predicted molar refractivity (Wildman–Crippen MR) is 127 cm³/mol. The Morgan fingerprint density at radius 2 is 2.06 bits per heavy atom. The van der Waals surface area contributed by atoms with Gasteiger partial charge in [0.05, 0.1) is 0 Å². The van der Waals surface area contributed by atoms with E-state index in [1.165, 1.54) is 19.4 Å². The Morgan fingerprint density at radius 3 is 2.74 bits per heavy atom. The van der Waals surface area contributed by atoms with Gasteiger partial charge in [-0.1, -0.05) is 0 Å². The zero-order valence-corrected chi connectivity index (χ0v) is 23.3. The SMILES string of the molecule is C=Cc1cc(C#N)c(-c2n[n]([Tl])c3ncc(F)cc23)cc1NC1C2CCC(CC2)C1C(=O)OC. The van der Waals surface area contributed by atoms with Crippen molar-refractivity contribution in [3.8, 4) is 17.3 Å². The standard InChI is InChI=1S/C25H23FN5O2.Tl/c1-3-13-8-16(11-27)18(23-19-9-17(26)12-28-24(19)31-30-23)10-20(13)29-22-15-6-4-14(5-7-15)21(22)25(32)33-2;/h3,8-10,12,14-15,21-22,29H,1,4-7H2,2H3;/q-1;+1. The van der Waals surface area contributed by atoms with Crippen LogP contribution in [0, 0.1) is 34.9 Å². The van der Waals surface area contributed by atoms with Gasteiger partial charge >= 0.3 is 214 Å². The summed E-state index contributed by atoms with van der Waals surface area (Å²) in [6.07, 6.45) is 7.11. The minimum absolute atomic E-state index is 0.0621. The number of aromatic nitrogens is 3. The molecule has 6 rings (SSSR count). The van der Waals surface area contributed by atoms with Gasteiger partial charge in [0.1, 0.15) is 0 Å². The van der Waals surface area contributed by atoms with Gasteiger partial charge in [-0.3, -0.25) is 0 Å². The Kier molecular flexibility index (Phi) is 6.14. The van der Waals surface area contributed by atoms with Gasteiger partial charge in [0.15, 0.2) is 0 Å².